The van der Waals surface area contributed by atoms with Crippen LogP contribution in [0, 0.1) is 11.6 Å². The van der Waals surface area contributed by atoms with Crippen molar-refractivity contribution in [2.24, 2.45) is 4.99 Å². The van der Waals surface area contributed by atoms with Crippen LogP contribution in [-0.2, 0) is 20.8 Å². The highest BCUT2D eigenvalue weighted by Gasteiger charge is 2.56. The second kappa shape index (κ2) is 10.3. The Kier molecular flexibility index (Phi) is 6.65. The summed E-state index contributed by atoms with van der Waals surface area (Å²) in [6.07, 6.45) is 2.34. The number of nitrogens with zero attached hydrogens (tertiary/aromatic N) is 3. The number of carbonyl (C=O) groups is 2. The van der Waals surface area contributed by atoms with E-state index >= 15 is 0 Å². The van der Waals surface area contributed by atoms with Crippen molar-refractivity contribution in [3.05, 3.63) is 101 Å². The lowest BCUT2D eigenvalue weighted by molar-refractivity contribution is -0.440. The van der Waals surface area contributed by atoms with E-state index in [4.69, 9.17) is 9.83 Å². The van der Waals surface area contributed by atoms with E-state index in [1.165, 1.54) is 5.06 Å². The molecule has 2 aliphatic heterocycles. The van der Waals surface area contributed by atoms with Gasteiger partial charge in [0.25, 0.3) is 12.1 Å². The van der Waals surface area contributed by atoms with Gasteiger partial charge in [-0.25, -0.2) is 13.8 Å². The molecule has 0 aromatic heterocycles. The van der Waals surface area contributed by atoms with E-state index in [2.05, 4.69) is 5.32 Å². The van der Waals surface area contributed by atoms with Crippen LogP contribution in [0.15, 0.2) is 77.8 Å². The highest BCUT2D eigenvalue weighted by Crippen LogP contribution is 2.36. The van der Waals surface area contributed by atoms with Gasteiger partial charge in [-0.05, 0) is 36.6 Å². The Morgan fingerprint density at radius 2 is 1.68 bits per heavy atom. The van der Waals surface area contributed by atoms with Gasteiger partial charge >= 0.3 is 5.90 Å². The first-order valence-electron chi connectivity index (χ1n) is 13.5. The molecule has 1 atom stereocenters. The third-order valence-electron chi connectivity index (χ3n) is 7.77. The summed E-state index contributed by atoms with van der Waals surface area (Å²) < 4.78 is 29.3. The van der Waals surface area contributed by atoms with Gasteiger partial charge in [0.1, 0.15) is 24.2 Å². The molecule has 3 aliphatic rings. The fourth-order valence-electron chi connectivity index (χ4n) is 5.81. The number of nitrogens with one attached hydrogen (secondary N) is 1. The standard InChI is InChI=1S/C31H28F2N4O3/c1-36-25-13-7-6-12-24(25)27(21-10-4-2-5-11-21)34-28-29(36)40-37(28)30(39)31(14-8-3-9-15-31)35-26(38)18-20-16-22(32)19-23(33)17-20/h2,4-7,10-13,16-17,19,28H,3,8-9,14-15,18H2,1H3/p+1/t28-/m0/s1. The van der Waals surface area contributed by atoms with Crippen molar-refractivity contribution >= 4 is 29.1 Å². The molecule has 0 bridgehead atoms. The molecule has 0 unspecified atom stereocenters. The molecule has 0 radical (unpaired) electrons. The Hall–Kier alpha value is -4.40. The van der Waals surface area contributed by atoms with Gasteiger partial charge in [0.2, 0.25) is 11.6 Å². The van der Waals surface area contributed by atoms with Crippen molar-refractivity contribution < 1.29 is 27.8 Å². The predicted molar refractivity (Wildman–Crippen MR) is 145 cm³/mol. The number of aliphatic imine (C=N–C) groups is 1. The van der Waals surface area contributed by atoms with Crippen LogP contribution in [0.1, 0.15) is 48.8 Å². The summed E-state index contributed by atoms with van der Waals surface area (Å²) in [6.45, 7) is 0. The Bertz CT molecular complexity index is 1530. The summed E-state index contributed by atoms with van der Waals surface area (Å²) in [4.78, 5) is 38.3. The topological polar surface area (TPSA) is 74.0 Å². The molecular weight excluding hydrogens is 514 g/mol. The lowest BCUT2D eigenvalue weighted by Gasteiger charge is -2.43. The summed E-state index contributed by atoms with van der Waals surface area (Å²) in [5, 5.41) is 4.18. The summed E-state index contributed by atoms with van der Waals surface area (Å²) in [6, 6.07) is 20.6. The van der Waals surface area contributed by atoms with Crippen LogP contribution in [0.2, 0.25) is 0 Å². The van der Waals surface area contributed by atoms with E-state index in [9.17, 15) is 18.4 Å². The summed E-state index contributed by atoms with van der Waals surface area (Å²) >= 11 is 0. The van der Waals surface area contributed by atoms with Crippen LogP contribution >= 0.6 is 0 Å². The molecule has 204 valence electrons. The minimum atomic E-state index is -1.20. The molecule has 9 heteroatoms. The Balaban J connectivity index is 1.32. The minimum Gasteiger partial charge on any atom is -0.341 e. The van der Waals surface area contributed by atoms with E-state index < -0.39 is 29.2 Å². The number of rotatable bonds is 5. The number of hydrogen-bond acceptors (Lipinski definition) is 4. The van der Waals surface area contributed by atoms with Crippen molar-refractivity contribution in [1.29, 1.82) is 0 Å². The predicted octanol–water partition coefficient (Wildman–Crippen LogP) is 4.65. The number of hydrogen-bond donors (Lipinski definition) is 1. The van der Waals surface area contributed by atoms with E-state index in [0.717, 1.165) is 60.0 Å². The van der Waals surface area contributed by atoms with Crippen LogP contribution in [0.5, 0.6) is 0 Å². The number of para-hydroxylation sites is 1. The summed E-state index contributed by atoms with van der Waals surface area (Å²) in [5.41, 5.74) is 2.46. The van der Waals surface area contributed by atoms with E-state index in [-0.39, 0.29) is 17.9 Å². The average Bonchev–Trinajstić information content (AvgIpc) is 3.01. The van der Waals surface area contributed by atoms with Gasteiger partial charge < -0.3 is 10.2 Å². The molecule has 2 amide bonds. The zero-order chi connectivity index (χ0) is 27.9. The third-order valence-corrected chi connectivity index (χ3v) is 7.77. The molecule has 3 aromatic carbocycles. The highest BCUT2D eigenvalue weighted by atomic mass is 19.1. The number of hydroxylamine groups is 2. The van der Waals surface area contributed by atoms with Crippen molar-refractivity contribution in [3.63, 3.8) is 0 Å². The molecule has 6 rings (SSSR count). The monoisotopic (exact) mass is 543 g/mol. The lowest BCUT2D eigenvalue weighted by Crippen LogP contribution is -2.68. The fraction of sp³-hybridized carbons (Fsp3) is 0.290. The Morgan fingerprint density at radius 3 is 2.40 bits per heavy atom. The first-order chi connectivity index (χ1) is 19.3. The van der Waals surface area contributed by atoms with Crippen LogP contribution < -0.4 is 5.32 Å². The molecule has 2 heterocycles. The average molecular weight is 544 g/mol. The summed E-state index contributed by atoms with van der Waals surface area (Å²) in [5.74, 6) is -1.86. The summed E-state index contributed by atoms with van der Waals surface area (Å²) in [7, 11) is 1.88. The van der Waals surface area contributed by atoms with Gasteiger partial charge in [0, 0.05) is 17.7 Å². The van der Waals surface area contributed by atoms with Gasteiger partial charge in [-0.15, -0.1) is 5.06 Å². The van der Waals surface area contributed by atoms with E-state index in [1.54, 1.807) is 0 Å². The molecule has 3 aromatic rings. The second-order valence-corrected chi connectivity index (χ2v) is 10.5. The smallest absolute Gasteiger partial charge is 0.341 e. The first kappa shape index (κ1) is 25.9. The molecular formula is C31H29F2N4O3+. The van der Waals surface area contributed by atoms with Gasteiger partial charge in [0.05, 0.1) is 17.7 Å². The normalized spacial score (nSPS) is 19.3. The maximum Gasteiger partial charge on any atom is 0.416 e. The largest absolute Gasteiger partial charge is 0.416 e. The molecule has 1 saturated carbocycles. The molecule has 1 N–H and O–H groups in total. The van der Waals surface area contributed by atoms with E-state index in [1.807, 2.05) is 66.2 Å². The second-order valence-electron chi connectivity index (χ2n) is 10.5. The SMILES string of the molecule is C[N+]1=C2ON(C(=O)C3(NC(=O)Cc4cc(F)cc(F)c4)CCCCC3)[C@@H]2N=C(c2ccccc2)c2ccccc21. The lowest BCUT2D eigenvalue weighted by atomic mass is 9.80. The molecule has 1 aliphatic carbocycles. The molecule has 1 saturated heterocycles. The maximum atomic E-state index is 14.2. The van der Waals surface area contributed by atoms with Gasteiger partial charge in [0.15, 0.2) is 0 Å². The molecule has 7 nitrogen and oxygen atoms in total. The highest BCUT2D eigenvalue weighted by molar-refractivity contribution is 6.17. The number of benzene rings is 3. The van der Waals surface area contributed by atoms with Crippen LogP contribution in [0.3, 0.4) is 0 Å². The fourth-order valence-corrected chi connectivity index (χ4v) is 5.81. The van der Waals surface area contributed by atoms with Crippen LogP contribution in [0.4, 0.5) is 14.5 Å². The van der Waals surface area contributed by atoms with Crippen molar-refractivity contribution in [3.8, 4) is 0 Å². The van der Waals surface area contributed by atoms with Gasteiger partial charge in [-0.2, -0.15) is 4.58 Å². The number of amides is 2. The zero-order valence-electron chi connectivity index (χ0n) is 22.1. The van der Waals surface area contributed by atoms with Crippen molar-refractivity contribution in [2.45, 2.75) is 50.2 Å². The number of fused-ring (bicyclic) bond motifs is 2. The quantitative estimate of drug-likeness (QED) is 0.476. The van der Waals surface area contributed by atoms with Crippen LogP contribution in [-0.4, -0.2) is 51.8 Å². The first-order valence-corrected chi connectivity index (χ1v) is 13.5. The van der Waals surface area contributed by atoms with Crippen molar-refractivity contribution in [2.75, 3.05) is 7.05 Å². The molecule has 2 fully saturated rings. The Morgan fingerprint density at radius 1 is 1.00 bits per heavy atom. The van der Waals surface area contributed by atoms with Crippen LogP contribution in [0.25, 0.3) is 0 Å². The minimum absolute atomic E-state index is 0.199. The molecule has 0 spiro atoms. The van der Waals surface area contributed by atoms with Gasteiger partial charge in [-0.1, -0.05) is 61.7 Å². The van der Waals surface area contributed by atoms with Gasteiger partial charge in [-0.3, -0.25) is 9.59 Å². The van der Waals surface area contributed by atoms with E-state index in [0.29, 0.717) is 18.7 Å². The molecule has 40 heavy (non-hydrogen) atoms. The Labute approximate surface area is 230 Å². The van der Waals surface area contributed by atoms with Crippen molar-refractivity contribution in [1.82, 2.24) is 10.4 Å². The third kappa shape index (κ3) is 4.65. The zero-order valence-corrected chi connectivity index (χ0v) is 22.1. The number of carbonyl (C=O) groups excluding carboxylic acids is 2. The number of halogens is 2. The maximum absolute atomic E-state index is 14.2.